The average molecular weight is 305 g/mol. The highest BCUT2D eigenvalue weighted by Crippen LogP contribution is 2.12. The van der Waals surface area contributed by atoms with E-state index in [9.17, 15) is 0 Å². The van der Waals surface area contributed by atoms with Gasteiger partial charge in [0.25, 0.3) is 0 Å². The number of aromatic nitrogens is 4. The topological polar surface area (TPSA) is 66.5 Å². The summed E-state index contributed by atoms with van der Waals surface area (Å²) in [6.45, 7) is 7.12. The lowest BCUT2D eigenvalue weighted by Crippen LogP contribution is -2.27. The van der Waals surface area contributed by atoms with Crippen LogP contribution < -0.4 is 5.32 Å². The predicted octanol–water partition coefficient (Wildman–Crippen LogP) is 2.73. The number of aromatic amines is 1. The van der Waals surface area contributed by atoms with E-state index in [1.165, 1.54) is 0 Å². The summed E-state index contributed by atoms with van der Waals surface area (Å²) in [5.41, 5.74) is 3.31. The number of nitrogens with one attached hydrogen (secondary N) is 2. The van der Waals surface area contributed by atoms with E-state index in [0.29, 0.717) is 6.04 Å². The van der Waals surface area contributed by atoms with Gasteiger partial charge in [-0.25, -0.2) is 9.97 Å². The molecule has 6 heteroatoms. The van der Waals surface area contributed by atoms with Crippen molar-refractivity contribution in [2.75, 3.05) is 5.75 Å². The molecule has 2 aromatic rings. The Labute approximate surface area is 130 Å². The molecule has 2 aromatic heterocycles. The summed E-state index contributed by atoms with van der Waals surface area (Å²) in [6.07, 6.45) is 5.87. The van der Waals surface area contributed by atoms with Gasteiger partial charge >= 0.3 is 0 Å². The molecule has 5 nitrogen and oxygen atoms in total. The lowest BCUT2D eigenvalue weighted by Gasteiger charge is -2.12. The monoisotopic (exact) mass is 305 g/mol. The molecule has 0 aliphatic heterocycles. The van der Waals surface area contributed by atoms with Gasteiger partial charge in [0.2, 0.25) is 0 Å². The third kappa shape index (κ3) is 5.47. The fraction of sp³-hybridized carbons (Fsp3) is 0.533. The van der Waals surface area contributed by atoms with Crippen LogP contribution in [-0.2, 0) is 13.0 Å². The Hall–Kier alpha value is -1.40. The first kappa shape index (κ1) is 16.0. The van der Waals surface area contributed by atoms with Crippen LogP contribution in [0.25, 0.3) is 0 Å². The summed E-state index contributed by atoms with van der Waals surface area (Å²) in [7, 11) is 0. The second-order valence-corrected chi connectivity index (χ2v) is 6.31. The first-order valence-corrected chi connectivity index (χ1v) is 8.34. The molecular formula is C15H23N5S. The van der Waals surface area contributed by atoms with Crippen molar-refractivity contribution in [3.63, 3.8) is 0 Å². The van der Waals surface area contributed by atoms with E-state index in [1.807, 2.05) is 19.3 Å². The summed E-state index contributed by atoms with van der Waals surface area (Å²) in [4.78, 5) is 8.75. The first-order valence-electron chi connectivity index (χ1n) is 7.35. The van der Waals surface area contributed by atoms with Gasteiger partial charge < -0.3 is 5.32 Å². The van der Waals surface area contributed by atoms with E-state index in [-0.39, 0.29) is 0 Å². The van der Waals surface area contributed by atoms with Gasteiger partial charge in [-0.05, 0) is 26.3 Å². The summed E-state index contributed by atoms with van der Waals surface area (Å²) in [5.74, 6) is 1.07. The molecule has 0 fully saturated rings. The van der Waals surface area contributed by atoms with Crippen LogP contribution in [0.1, 0.15) is 37.2 Å². The minimum atomic E-state index is 0.363. The largest absolute Gasteiger partial charge is 0.310 e. The lowest BCUT2D eigenvalue weighted by atomic mass is 10.1. The van der Waals surface area contributed by atoms with Crippen LogP contribution >= 0.6 is 11.8 Å². The van der Waals surface area contributed by atoms with Gasteiger partial charge in [0, 0.05) is 48.4 Å². The normalized spacial score (nSPS) is 12.5. The maximum absolute atomic E-state index is 4.38. The Bertz CT molecular complexity index is 537. The van der Waals surface area contributed by atoms with Crippen LogP contribution in [0, 0.1) is 6.92 Å². The number of rotatable bonds is 8. The summed E-state index contributed by atoms with van der Waals surface area (Å²) in [5, 5.41) is 11.6. The fourth-order valence-corrected chi connectivity index (χ4v) is 2.60. The Morgan fingerprint density at radius 1 is 1.33 bits per heavy atom. The van der Waals surface area contributed by atoms with Gasteiger partial charge in [0.1, 0.15) is 0 Å². The van der Waals surface area contributed by atoms with Crippen molar-refractivity contribution in [2.24, 2.45) is 0 Å². The number of aryl methyl sites for hydroxylation is 1. The van der Waals surface area contributed by atoms with E-state index in [4.69, 9.17) is 0 Å². The van der Waals surface area contributed by atoms with Crippen LogP contribution in [0.2, 0.25) is 0 Å². The van der Waals surface area contributed by atoms with E-state index in [2.05, 4.69) is 45.4 Å². The van der Waals surface area contributed by atoms with Crippen molar-refractivity contribution in [2.45, 2.75) is 51.4 Å². The summed E-state index contributed by atoms with van der Waals surface area (Å²) in [6, 6.07) is 2.45. The predicted molar refractivity (Wildman–Crippen MR) is 86.4 cm³/mol. The molecule has 0 spiro atoms. The zero-order chi connectivity index (χ0) is 15.1. The molecule has 21 heavy (non-hydrogen) atoms. The molecule has 0 amide bonds. The standard InChI is InChI=1S/C15H23N5S/c1-4-5-21-15-17-9-13(10-18-15)8-16-11(2)6-14-7-12(3)19-20-14/h7,9-11,16H,4-6,8H2,1-3H3,(H,19,20). The van der Waals surface area contributed by atoms with Gasteiger partial charge in [-0.3, -0.25) is 5.10 Å². The van der Waals surface area contributed by atoms with Crippen LogP contribution in [0.3, 0.4) is 0 Å². The van der Waals surface area contributed by atoms with Gasteiger partial charge in [-0.1, -0.05) is 18.7 Å². The minimum absolute atomic E-state index is 0.363. The minimum Gasteiger partial charge on any atom is -0.310 e. The molecule has 0 saturated heterocycles. The van der Waals surface area contributed by atoms with Gasteiger partial charge in [-0.2, -0.15) is 5.10 Å². The van der Waals surface area contributed by atoms with Gasteiger partial charge in [0.05, 0.1) is 5.69 Å². The van der Waals surface area contributed by atoms with E-state index in [1.54, 1.807) is 11.8 Å². The number of hydrogen-bond acceptors (Lipinski definition) is 5. The SMILES string of the molecule is CCCSc1ncc(CNC(C)Cc2cc(C)[nH]n2)cn1. The summed E-state index contributed by atoms with van der Waals surface area (Å²) >= 11 is 1.70. The smallest absolute Gasteiger partial charge is 0.187 e. The Morgan fingerprint density at radius 3 is 2.71 bits per heavy atom. The molecular weight excluding hydrogens is 282 g/mol. The number of H-pyrrole nitrogens is 1. The van der Waals surface area contributed by atoms with Crippen LogP contribution in [0.4, 0.5) is 0 Å². The van der Waals surface area contributed by atoms with Crippen molar-refractivity contribution >= 4 is 11.8 Å². The molecule has 0 saturated carbocycles. The maximum Gasteiger partial charge on any atom is 0.187 e. The molecule has 2 heterocycles. The van der Waals surface area contributed by atoms with Crippen molar-refractivity contribution in [3.8, 4) is 0 Å². The molecule has 114 valence electrons. The quantitative estimate of drug-likeness (QED) is 0.580. The number of hydrogen-bond donors (Lipinski definition) is 2. The summed E-state index contributed by atoms with van der Waals surface area (Å²) < 4.78 is 0. The van der Waals surface area contributed by atoms with Crippen LogP contribution in [0.15, 0.2) is 23.6 Å². The number of nitrogens with zero attached hydrogens (tertiary/aromatic N) is 3. The zero-order valence-electron chi connectivity index (χ0n) is 12.9. The molecule has 0 aromatic carbocycles. The van der Waals surface area contributed by atoms with Crippen LogP contribution in [-0.4, -0.2) is 32.0 Å². The highest BCUT2D eigenvalue weighted by atomic mass is 32.2. The van der Waals surface area contributed by atoms with Crippen molar-refractivity contribution < 1.29 is 0 Å². The van der Waals surface area contributed by atoms with Crippen molar-refractivity contribution in [3.05, 3.63) is 35.4 Å². The van der Waals surface area contributed by atoms with E-state index in [0.717, 1.165) is 47.2 Å². The molecule has 0 bridgehead atoms. The van der Waals surface area contributed by atoms with Crippen molar-refractivity contribution in [1.82, 2.24) is 25.5 Å². The van der Waals surface area contributed by atoms with Crippen molar-refractivity contribution in [1.29, 1.82) is 0 Å². The second kappa shape index (κ2) is 8.14. The number of thioether (sulfide) groups is 1. The zero-order valence-corrected chi connectivity index (χ0v) is 13.7. The molecule has 1 atom stereocenters. The fourth-order valence-electron chi connectivity index (χ4n) is 1.96. The lowest BCUT2D eigenvalue weighted by molar-refractivity contribution is 0.537. The molecule has 2 N–H and O–H groups in total. The van der Waals surface area contributed by atoms with E-state index < -0.39 is 0 Å². The first-order chi connectivity index (χ1) is 10.2. The van der Waals surface area contributed by atoms with Gasteiger partial charge in [0.15, 0.2) is 5.16 Å². The highest BCUT2D eigenvalue weighted by Gasteiger charge is 2.06. The van der Waals surface area contributed by atoms with E-state index >= 15 is 0 Å². The van der Waals surface area contributed by atoms with Crippen LogP contribution in [0.5, 0.6) is 0 Å². The molecule has 1 unspecified atom stereocenters. The molecule has 0 aliphatic carbocycles. The maximum atomic E-state index is 4.38. The molecule has 2 rings (SSSR count). The second-order valence-electron chi connectivity index (χ2n) is 5.25. The Balaban J connectivity index is 1.76. The van der Waals surface area contributed by atoms with Gasteiger partial charge in [-0.15, -0.1) is 0 Å². The Kier molecular flexibility index (Phi) is 6.20. The third-order valence-electron chi connectivity index (χ3n) is 3.05. The third-order valence-corrected chi connectivity index (χ3v) is 4.13. The molecule has 0 aliphatic rings. The highest BCUT2D eigenvalue weighted by molar-refractivity contribution is 7.99. The molecule has 0 radical (unpaired) electrons. The Morgan fingerprint density at radius 2 is 2.10 bits per heavy atom. The average Bonchev–Trinajstić information content (AvgIpc) is 2.89.